The van der Waals surface area contributed by atoms with Crippen LogP contribution in [0.4, 0.5) is 13.2 Å². The molecular formula is C13H15BrF3N. The molecule has 1 heterocycles. The molecule has 5 heteroatoms. The molecule has 0 spiro atoms. The van der Waals surface area contributed by atoms with E-state index in [0.29, 0.717) is 13.1 Å². The Balaban J connectivity index is 1.85. The van der Waals surface area contributed by atoms with Crippen LogP contribution in [0.15, 0.2) is 28.7 Å². The number of hydrogen-bond acceptors (Lipinski definition) is 1. The fourth-order valence-electron chi connectivity index (χ4n) is 2.27. The second kappa shape index (κ2) is 5.61. The van der Waals surface area contributed by atoms with Gasteiger partial charge >= 0.3 is 6.18 Å². The average Bonchev–Trinajstić information content (AvgIpc) is 2.32. The number of piperidine rings is 1. The van der Waals surface area contributed by atoms with Crippen molar-refractivity contribution in [1.29, 1.82) is 0 Å². The van der Waals surface area contributed by atoms with E-state index in [1.807, 2.05) is 24.3 Å². The molecule has 1 nitrogen and oxygen atoms in total. The van der Waals surface area contributed by atoms with Crippen LogP contribution in [0, 0.1) is 5.92 Å². The molecule has 100 valence electrons. The minimum atomic E-state index is -4.02. The van der Waals surface area contributed by atoms with Gasteiger partial charge in [-0.25, -0.2) is 0 Å². The standard InChI is InChI=1S/C13H15BrF3N/c14-12-3-1-10(2-4-12)9-18-7-5-11(6-8-18)13(15,16)17/h1-4,11H,5-9H2. The summed E-state index contributed by atoms with van der Waals surface area (Å²) in [4.78, 5) is 2.09. The van der Waals surface area contributed by atoms with Crippen molar-refractivity contribution in [2.75, 3.05) is 13.1 Å². The molecule has 1 aliphatic rings. The molecule has 0 unspecified atom stereocenters. The van der Waals surface area contributed by atoms with Gasteiger partial charge in [0.1, 0.15) is 0 Å². The van der Waals surface area contributed by atoms with Crippen molar-refractivity contribution >= 4 is 15.9 Å². The minimum absolute atomic E-state index is 0.222. The van der Waals surface area contributed by atoms with E-state index in [2.05, 4.69) is 20.8 Å². The first-order valence-corrected chi connectivity index (χ1v) is 6.78. The highest BCUT2D eigenvalue weighted by Crippen LogP contribution is 2.34. The Morgan fingerprint density at radius 2 is 1.67 bits per heavy atom. The van der Waals surface area contributed by atoms with Gasteiger partial charge in [-0.2, -0.15) is 13.2 Å². The van der Waals surface area contributed by atoms with Crippen molar-refractivity contribution in [2.45, 2.75) is 25.6 Å². The van der Waals surface area contributed by atoms with Gasteiger partial charge in [0.2, 0.25) is 0 Å². The molecule has 0 saturated carbocycles. The fraction of sp³-hybridized carbons (Fsp3) is 0.538. The molecule has 2 rings (SSSR count). The Kier molecular flexibility index (Phi) is 4.33. The van der Waals surface area contributed by atoms with Gasteiger partial charge in [0, 0.05) is 11.0 Å². The van der Waals surface area contributed by atoms with Gasteiger partial charge in [-0.1, -0.05) is 28.1 Å². The number of benzene rings is 1. The third-order valence-electron chi connectivity index (χ3n) is 3.37. The topological polar surface area (TPSA) is 3.24 Å². The molecule has 1 aromatic rings. The molecule has 0 atom stereocenters. The van der Waals surface area contributed by atoms with E-state index in [1.54, 1.807) is 0 Å². The highest BCUT2D eigenvalue weighted by molar-refractivity contribution is 9.10. The minimum Gasteiger partial charge on any atom is -0.299 e. The van der Waals surface area contributed by atoms with E-state index < -0.39 is 12.1 Å². The van der Waals surface area contributed by atoms with Gasteiger partial charge in [0.05, 0.1) is 5.92 Å². The largest absolute Gasteiger partial charge is 0.391 e. The Morgan fingerprint density at radius 1 is 1.11 bits per heavy atom. The fourth-order valence-corrected chi connectivity index (χ4v) is 2.53. The Morgan fingerprint density at radius 3 is 2.17 bits per heavy atom. The van der Waals surface area contributed by atoms with Gasteiger partial charge in [0.25, 0.3) is 0 Å². The van der Waals surface area contributed by atoms with Gasteiger partial charge in [-0.15, -0.1) is 0 Å². The van der Waals surface area contributed by atoms with Crippen LogP contribution in [-0.4, -0.2) is 24.2 Å². The molecular weight excluding hydrogens is 307 g/mol. The van der Waals surface area contributed by atoms with E-state index in [4.69, 9.17) is 0 Å². The van der Waals surface area contributed by atoms with Gasteiger partial charge < -0.3 is 0 Å². The van der Waals surface area contributed by atoms with E-state index in [9.17, 15) is 13.2 Å². The number of likely N-dealkylation sites (tertiary alicyclic amines) is 1. The van der Waals surface area contributed by atoms with E-state index >= 15 is 0 Å². The summed E-state index contributed by atoms with van der Waals surface area (Å²) in [6.45, 7) is 1.79. The lowest BCUT2D eigenvalue weighted by molar-refractivity contribution is -0.185. The van der Waals surface area contributed by atoms with Crippen molar-refractivity contribution < 1.29 is 13.2 Å². The maximum atomic E-state index is 12.5. The zero-order chi connectivity index (χ0) is 13.2. The van der Waals surface area contributed by atoms with Gasteiger partial charge in [-0.3, -0.25) is 4.90 Å². The summed E-state index contributed by atoms with van der Waals surface area (Å²) in [6.07, 6.45) is -3.58. The van der Waals surface area contributed by atoms with Gasteiger partial charge in [0.15, 0.2) is 0 Å². The molecule has 0 bridgehead atoms. The van der Waals surface area contributed by atoms with Crippen LogP contribution in [-0.2, 0) is 6.54 Å². The third kappa shape index (κ3) is 3.72. The first kappa shape index (κ1) is 13.9. The predicted octanol–water partition coefficient (Wildman–Crippen LogP) is 4.22. The number of rotatable bonds is 2. The van der Waals surface area contributed by atoms with Crippen LogP contribution in [0.3, 0.4) is 0 Å². The molecule has 1 aromatic carbocycles. The summed E-state index contributed by atoms with van der Waals surface area (Å²) in [7, 11) is 0. The molecule has 18 heavy (non-hydrogen) atoms. The molecule has 0 amide bonds. The number of hydrogen-bond donors (Lipinski definition) is 0. The summed E-state index contributed by atoms with van der Waals surface area (Å²) in [5.41, 5.74) is 1.14. The molecule has 0 N–H and O–H groups in total. The summed E-state index contributed by atoms with van der Waals surface area (Å²) < 4.78 is 38.6. The second-order valence-electron chi connectivity index (χ2n) is 4.72. The summed E-state index contributed by atoms with van der Waals surface area (Å²) in [5, 5.41) is 0. The van der Waals surface area contributed by atoms with Crippen LogP contribution < -0.4 is 0 Å². The first-order valence-electron chi connectivity index (χ1n) is 5.98. The average molecular weight is 322 g/mol. The van der Waals surface area contributed by atoms with Crippen molar-refractivity contribution in [1.82, 2.24) is 4.90 Å². The van der Waals surface area contributed by atoms with Crippen LogP contribution in [0.5, 0.6) is 0 Å². The Bertz CT molecular complexity index is 380. The van der Waals surface area contributed by atoms with E-state index in [-0.39, 0.29) is 12.8 Å². The number of nitrogens with zero attached hydrogens (tertiary/aromatic N) is 1. The molecule has 0 radical (unpaired) electrons. The highest BCUT2D eigenvalue weighted by Gasteiger charge is 2.40. The number of alkyl halides is 3. The second-order valence-corrected chi connectivity index (χ2v) is 5.63. The van der Waals surface area contributed by atoms with E-state index in [1.165, 1.54) is 0 Å². The van der Waals surface area contributed by atoms with Crippen LogP contribution in [0.25, 0.3) is 0 Å². The highest BCUT2D eigenvalue weighted by atomic mass is 79.9. The van der Waals surface area contributed by atoms with Crippen LogP contribution in [0.1, 0.15) is 18.4 Å². The van der Waals surface area contributed by atoms with Crippen molar-refractivity contribution in [2.24, 2.45) is 5.92 Å². The maximum Gasteiger partial charge on any atom is 0.391 e. The molecule has 1 aliphatic heterocycles. The van der Waals surface area contributed by atoms with Crippen molar-refractivity contribution in [3.05, 3.63) is 34.3 Å². The molecule has 0 aromatic heterocycles. The Hall–Kier alpha value is -0.550. The normalized spacial score (nSPS) is 19.1. The predicted molar refractivity (Wildman–Crippen MR) is 68.2 cm³/mol. The van der Waals surface area contributed by atoms with Crippen molar-refractivity contribution in [3.63, 3.8) is 0 Å². The van der Waals surface area contributed by atoms with Crippen molar-refractivity contribution in [3.8, 4) is 0 Å². The summed E-state index contributed by atoms with van der Waals surface area (Å²) in [5.74, 6) is -1.11. The monoisotopic (exact) mass is 321 g/mol. The SMILES string of the molecule is FC(F)(F)C1CCN(Cc2ccc(Br)cc2)CC1. The zero-order valence-corrected chi connectivity index (χ0v) is 11.5. The van der Waals surface area contributed by atoms with Gasteiger partial charge in [-0.05, 0) is 43.6 Å². The molecule has 1 fully saturated rings. The van der Waals surface area contributed by atoms with E-state index in [0.717, 1.165) is 16.6 Å². The summed E-state index contributed by atoms with van der Waals surface area (Å²) in [6, 6.07) is 7.91. The summed E-state index contributed by atoms with van der Waals surface area (Å²) >= 11 is 3.36. The number of halogens is 4. The lowest BCUT2D eigenvalue weighted by atomic mass is 9.96. The lowest BCUT2D eigenvalue weighted by Gasteiger charge is -2.32. The molecule has 0 aliphatic carbocycles. The smallest absolute Gasteiger partial charge is 0.299 e. The first-order chi connectivity index (χ1) is 8.45. The third-order valence-corrected chi connectivity index (χ3v) is 3.90. The molecule has 1 saturated heterocycles. The maximum absolute atomic E-state index is 12.5. The van der Waals surface area contributed by atoms with Crippen LogP contribution >= 0.6 is 15.9 Å². The quantitative estimate of drug-likeness (QED) is 0.788. The Labute approximate surface area is 113 Å². The lowest BCUT2D eigenvalue weighted by Crippen LogP contribution is -2.38. The van der Waals surface area contributed by atoms with Crippen LogP contribution in [0.2, 0.25) is 0 Å². The zero-order valence-electron chi connectivity index (χ0n) is 9.88.